The first-order valence-electron chi connectivity index (χ1n) is 14.3. The van der Waals surface area contributed by atoms with Crippen molar-refractivity contribution in [3.8, 4) is 5.75 Å². The summed E-state index contributed by atoms with van der Waals surface area (Å²) in [7, 11) is -2.00. The highest BCUT2D eigenvalue weighted by Crippen LogP contribution is 2.25. The zero-order valence-electron chi connectivity index (χ0n) is 25.3. The van der Waals surface area contributed by atoms with Crippen LogP contribution < -0.4 is 14.4 Å². The molecule has 0 aromatic heterocycles. The minimum Gasteiger partial charge on any atom is -0.497 e. The maximum atomic E-state index is 13.9. The minimum absolute atomic E-state index is 0.0766. The number of benzene rings is 3. The third kappa shape index (κ3) is 9.34. The Morgan fingerprint density at radius 1 is 0.952 bits per heavy atom. The first-order valence-corrected chi connectivity index (χ1v) is 16.2. The first kappa shape index (κ1) is 32.7. The smallest absolute Gasteiger partial charge is 0.243 e. The van der Waals surface area contributed by atoms with E-state index in [-0.39, 0.29) is 31.3 Å². The molecule has 1 atom stereocenters. The van der Waals surface area contributed by atoms with Crippen LogP contribution in [-0.2, 0) is 32.6 Å². The van der Waals surface area contributed by atoms with Crippen molar-refractivity contribution in [2.45, 2.75) is 59.0 Å². The number of rotatable bonds is 15. The second kappa shape index (κ2) is 15.4. The van der Waals surface area contributed by atoms with E-state index in [1.165, 1.54) is 10.6 Å². The molecule has 3 rings (SSSR count). The Labute approximate surface area is 250 Å². The van der Waals surface area contributed by atoms with Crippen molar-refractivity contribution >= 4 is 27.5 Å². The first-order chi connectivity index (χ1) is 20.0. The molecule has 0 aliphatic heterocycles. The standard InChI is InChI=1S/C33H43N3O5S/c1-6-19-34-33(38)31(23-27-12-8-7-9-13-27)35(24-28-14-10-15-29(22-28)41-4)32(37)16-11-20-36(42(5,39)40)30-21-25(2)17-18-26(30)3/h7-10,12-15,17-18,21-22,31H,6,11,16,19-20,23-24H2,1-5H3,(H,34,38). The largest absolute Gasteiger partial charge is 0.497 e. The molecule has 1 N–H and O–H groups in total. The molecule has 0 saturated heterocycles. The van der Waals surface area contributed by atoms with E-state index in [0.29, 0.717) is 30.8 Å². The molecular formula is C33H43N3O5S. The lowest BCUT2D eigenvalue weighted by atomic mass is 10.0. The fraction of sp³-hybridized carbons (Fsp3) is 0.394. The van der Waals surface area contributed by atoms with Gasteiger partial charge in [0.15, 0.2) is 0 Å². The third-order valence-corrected chi connectivity index (χ3v) is 8.27. The van der Waals surface area contributed by atoms with Crippen molar-refractivity contribution in [2.24, 2.45) is 0 Å². The van der Waals surface area contributed by atoms with Gasteiger partial charge in [-0.05, 0) is 67.1 Å². The number of ether oxygens (including phenoxy) is 1. The molecule has 0 fully saturated rings. The van der Waals surface area contributed by atoms with E-state index in [9.17, 15) is 18.0 Å². The summed E-state index contributed by atoms with van der Waals surface area (Å²) in [6, 6.07) is 22.0. The second-order valence-corrected chi connectivity index (χ2v) is 12.5. The molecule has 0 aliphatic carbocycles. The van der Waals surface area contributed by atoms with Gasteiger partial charge in [0.25, 0.3) is 0 Å². The summed E-state index contributed by atoms with van der Waals surface area (Å²) < 4.78 is 32.3. The van der Waals surface area contributed by atoms with Gasteiger partial charge in [0.05, 0.1) is 19.1 Å². The molecule has 8 nitrogen and oxygen atoms in total. The SMILES string of the molecule is CCCNC(=O)C(Cc1ccccc1)N(Cc1cccc(OC)c1)C(=O)CCCN(c1cc(C)ccc1C)S(C)(=O)=O. The molecule has 3 aromatic rings. The molecule has 0 radical (unpaired) electrons. The monoisotopic (exact) mass is 593 g/mol. The molecule has 0 saturated carbocycles. The molecule has 0 aliphatic rings. The van der Waals surface area contributed by atoms with E-state index in [2.05, 4.69) is 5.32 Å². The van der Waals surface area contributed by atoms with Gasteiger partial charge in [-0.1, -0.05) is 61.5 Å². The van der Waals surface area contributed by atoms with Crippen LogP contribution >= 0.6 is 0 Å². The van der Waals surface area contributed by atoms with Gasteiger partial charge in [0.2, 0.25) is 21.8 Å². The Kier molecular flexibility index (Phi) is 12.0. The van der Waals surface area contributed by atoms with Crippen molar-refractivity contribution in [3.63, 3.8) is 0 Å². The van der Waals surface area contributed by atoms with Crippen LogP contribution in [0.15, 0.2) is 72.8 Å². The molecule has 0 heterocycles. The highest BCUT2D eigenvalue weighted by Gasteiger charge is 2.30. The number of carbonyl (C=O) groups excluding carboxylic acids is 2. The van der Waals surface area contributed by atoms with E-state index in [1.807, 2.05) is 93.6 Å². The average Bonchev–Trinajstić information content (AvgIpc) is 2.97. The Hall–Kier alpha value is -3.85. The van der Waals surface area contributed by atoms with Crippen LogP contribution in [0.25, 0.3) is 0 Å². The Bertz CT molecular complexity index is 1440. The lowest BCUT2D eigenvalue weighted by Crippen LogP contribution is -2.50. The van der Waals surface area contributed by atoms with Crippen LogP contribution in [-0.4, -0.2) is 57.6 Å². The number of methoxy groups -OCH3 is 1. The minimum atomic E-state index is -3.58. The second-order valence-electron chi connectivity index (χ2n) is 10.6. The average molecular weight is 594 g/mol. The normalized spacial score (nSPS) is 11.9. The Morgan fingerprint density at radius 2 is 1.67 bits per heavy atom. The van der Waals surface area contributed by atoms with Crippen LogP contribution in [0, 0.1) is 13.8 Å². The molecule has 0 spiro atoms. The molecule has 226 valence electrons. The number of carbonyl (C=O) groups is 2. The van der Waals surface area contributed by atoms with E-state index >= 15 is 0 Å². The number of nitrogens with one attached hydrogen (secondary N) is 1. The maximum absolute atomic E-state index is 13.9. The van der Waals surface area contributed by atoms with E-state index in [1.54, 1.807) is 12.0 Å². The Balaban J connectivity index is 1.90. The topological polar surface area (TPSA) is 96.0 Å². The Morgan fingerprint density at radius 3 is 2.33 bits per heavy atom. The van der Waals surface area contributed by atoms with Crippen molar-refractivity contribution < 1.29 is 22.7 Å². The molecule has 0 bridgehead atoms. The number of amides is 2. The lowest BCUT2D eigenvalue weighted by molar-refractivity contribution is -0.141. The van der Waals surface area contributed by atoms with Gasteiger partial charge in [0.1, 0.15) is 11.8 Å². The van der Waals surface area contributed by atoms with Gasteiger partial charge in [-0.2, -0.15) is 0 Å². The quantitative estimate of drug-likeness (QED) is 0.267. The fourth-order valence-electron chi connectivity index (χ4n) is 4.86. The van der Waals surface area contributed by atoms with E-state index in [4.69, 9.17) is 4.74 Å². The van der Waals surface area contributed by atoms with Crippen LogP contribution in [0.2, 0.25) is 0 Å². The zero-order chi connectivity index (χ0) is 30.7. The predicted octanol–water partition coefficient (Wildman–Crippen LogP) is 5.02. The molecule has 9 heteroatoms. The number of anilines is 1. The summed E-state index contributed by atoms with van der Waals surface area (Å²) in [6.45, 7) is 6.63. The van der Waals surface area contributed by atoms with Crippen LogP contribution in [0.4, 0.5) is 5.69 Å². The number of sulfonamides is 1. The highest BCUT2D eigenvalue weighted by molar-refractivity contribution is 7.92. The number of aryl methyl sites for hydroxylation is 2. The molecule has 3 aromatic carbocycles. The summed E-state index contributed by atoms with van der Waals surface area (Å²) in [5.74, 6) is 0.220. The predicted molar refractivity (Wildman–Crippen MR) is 168 cm³/mol. The maximum Gasteiger partial charge on any atom is 0.243 e. The van der Waals surface area contributed by atoms with E-state index < -0.39 is 16.1 Å². The van der Waals surface area contributed by atoms with E-state index in [0.717, 1.165) is 28.7 Å². The summed E-state index contributed by atoms with van der Waals surface area (Å²) in [4.78, 5) is 29.1. The van der Waals surface area contributed by atoms with Gasteiger partial charge in [0, 0.05) is 32.5 Å². The van der Waals surface area contributed by atoms with Crippen LogP contribution in [0.1, 0.15) is 48.4 Å². The number of nitrogens with zero attached hydrogens (tertiary/aromatic N) is 2. The molecule has 2 amide bonds. The summed E-state index contributed by atoms with van der Waals surface area (Å²) in [5.41, 5.74) is 4.17. The fourth-order valence-corrected chi connectivity index (χ4v) is 5.87. The van der Waals surface area contributed by atoms with Crippen LogP contribution in [0.5, 0.6) is 5.75 Å². The molecule has 1 unspecified atom stereocenters. The van der Waals surface area contributed by atoms with Gasteiger partial charge in [-0.25, -0.2) is 8.42 Å². The number of hydrogen-bond donors (Lipinski definition) is 1. The van der Waals surface area contributed by atoms with Crippen molar-refractivity contribution in [1.82, 2.24) is 10.2 Å². The highest BCUT2D eigenvalue weighted by atomic mass is 32.2. The van der Waals surface area contributed by atoms with Crippen LogP contribution in [0.3, 0.4) is 0 Å². The third-order valence-electron chi connectivity index (χ3n) is 7.09. The van der Waals surface area contributed by atoms with Gasteiger partial charge < -0.3 is 15.0 Å². The summed E-state index contributed by atoms with van der Waals surface area (Å²) in [5, 5.41) is 2.98. The van der Waals surface area contributed by atoms with Gasteiger partial charge in [-0.15, -0.1) is 0 Å². The van der Waals surface area contributed by atoms with Crippen molar-refractivity contribution in [3.05, 3.63) is 95.1 Å². The molecular weight excluding hydrogens is 550 g/mol. The van der Waals surface area contributed by atoms with Gasteiger partial charge in [-0.3, -0.25) is 13.9 Å². The lowest BCUT2D eigenvalue weighted by Gasteiger charge is -2.32. The zero-order valence-corrected chi connectivity index (χ0v) is 26.1. The summed E-state index contributed by atoms with van der Waals surface area (Å²) >= 11 is 0. The van der Waals surface area contributed by atoms with Crippen molar-refractivity contribution in [1.29, 1.82) is 0 Å². The summed E-state index contributed by atoms with van der Waals surface area (Å²) in [6.07, 6.45) is 2.67. The number of hydrogen-bond acceptors (Lipinski definition) is 5. The van der Waals surface area contributed by atoms with Gasteiger partial charge >= 0.3 is 0 Å². The van der Waals surface area contributed by atoms with Crippen molar-refractivity contribution in [2.75, 3.05) is 30.8 Å². The molecule has 42 heavy (non-hydrogen) atoms.